The van der Waals surface area contributed by atoms with Crippen molar-refractivity contribution >= 4 is 29.0 Å². The van der Waals surface area contributed by atoms with Gasteiger partial charge in [-0.3, -0.25) is 4.79 Å². The van der Waals surface area contributed by atoms with Crippen LogP contribution in [0.1, 0.15) is 23.7 Å². The molecular weight excluding hydrogens is 243 g/mol. The summed E-state index contributed by atoms with van der Waals surface area (Å²) in [6, 6.07) is 9.13. The number of rotatable bonds is 4. The van der Waals surface area contributed by atoms with Gasteiger partial charge in [0.25, 0.3) is 0 Å². The van der Waals surface area contributed by atoms with E-state index in [-0.39, 0.29) is 10.3 Å². The van der Waals surface area contributed by atoms with Crippen LogP contribution in [-0.4, -0.2) is 5.78 Å². The standard InChI is InChI=1S/C13H12Cl2O/c1-2-10(8-9-12(14)15)13(16)11-6-4-3-5-7-11/h3-9H,2H2,1H3. The molecule has 0 saturated heterocycles. The van der Waals surface area contributed by atoms with Gasteiger partial charge in [0.2, 0.25) is 0 Å². The van der Waals surface area contributed by atoms with Gasteiger partial charge in [0.1, 0.15) is 4.49 Å². The molecule has 16 heavy (non-hydrogen) atoms. The van der Waals surface area contributed by atoms with E-state index < -0.39 is 0 Å². The minimum absolute atomic E-state index is 0.00827. The average molecular weight is 255 g/mol. The van der Waals surface area contributed by atoms with Crippen LogP contribution in [0.3, 0.4) is 0 Å². The Bertz CT molecular complexity index is 415. The second-order valence-electron chi connectivity index (χ2n) is 3.20. The Labute approximate surface area is 105 Å². The zero-order chi connectivity index (χ0) is 12.0. The highest BCUT2D eigenvalue weighted by atomic mass is 35.5. The highest BCUT2D eigenvalue weighted by molar-refractivity contribution is 6.56. The predicted molar refractivity (Wildman–Crippen MR) is 68.9 cm³/mol. The van der Waals surface area contributed by atoms with E-state index in [4.69, 9.17) is 23.2 Å². The summed E-state index contributed by atoms with van der Waals surface area (Å²) >= 11 is 11.0. The van der Waals surface area contributed by atoms with E-state index >= 15 is 0 Å². The van der Waals surface area contributed by atoms with Gasteiger partial charge in [-0.15, -0.1) is 0 Å². The summed E-state index contributed by atoms with van der Waals surface area (Å²) in [5.41, 5.74) is 1.36. The summed E-state index contributed by atoms with van der Waals surface area (Å²) in [5.74, 6) is 0.00827. The topological polar surface area (TPSA) is 17.1 Å². The van der Waals surface area contributed by atoms with Gasteiger partial charge in [-0.05, 0) is 18.1 Å². The maximum atomic E-state index is 12.0. The Balaban J connectivity index is 2.95. The van der Waals surface area contributed by atoms with Crippen molar-refractivity contribution < 1.29 is 4.79 Å². The third kappa shape index (κ3) is 3.84. The fourth-order valence-corrected chi connectivity index (χ4v) is 1.42. The number of allylic oxidation sites excluding steroid dienone is 3. The first-order valence-electron chi connectivity index (χ1n) is 4.96. The zero-order valence-electron chi connectivity index (χ0n) is 8.91. The van der Waals surface area contributed by atoms with Crippen LogP contribution in [0, 0.1) is 0 Å². The van der Waals surface area contributed by atoms with E-state index in [1.807, 2.05) is 25.1 Å². The summed E-state index contributed by atoms with van der Waals surface area (Å²) in [5, 5.41) is 0. The minimum Gasteiger partial charge on any atom is -0.289 e. The van der Waals surface area contributed by atoms with Gasteiger partial charge in [0, 0.05) is 5.56 Å². The predicted octanol–water partition coefficient (Wildman–Crippen LogP) is 4.52. The third-order valence-corrected chi connectivity index (χ3v) is 2.37. The fraction of sp³-hybridized carbons (Fsp3) is 0.154. The summed E-state index contributed by atoms with van der Waals surface area (Å²) in [6.07, 6.45) is 3.82. The molecule has 0 aliphatic rings. The molecule has 1 rings (SSSR count). The molecule has 0 saturated carbocycles. The van der Waals surface area contributed by atoms with Gasteiger partial charge in [-0.25, -0.2) is 0 Å². The van der Waals surface area contributed by atoms with Crippen LogP contribution in [0.2, 0.25) is 0 Å². The fourth-order valence-electron chi connectivity index (χ4n) is 1.29. The quantitative estimate of drug-likeness (QED) is 0.439. The molecule has 0 radical (unpaired) electrons. The van der Waals surface area contributed by atoms with Crippen molar-refractivity contribution in [2.45, 2.75) is 13.3 Å². The lowest BCUT2D eigenvalue weighted by atomic mass is 10.0. The van der Waals surface area contributed by atoms with Crippen LogP contribution in [0.25, 0.3) is 0 Å². The lowest BCUT2D eigenvalue weighted by Crippen LogP contribution is -2.02. The number of carbonyl (C=O) groups excluding carboxylic acids is 1. The van der Waals surface area contributed by atoms with E-state index in [0.717, 1.165) is 0 Å². The molecule has 0 amide bonds. The molecule has 0 aliphatic carbocycles. The summed E-state index contributed by atoms with van der Waals surface area (Å²) in [7, 11) is 0. The summed E-state index contributed by atoms with van der Waals surface area (Å²) in [6.45, 7) is 1.92. The largest absolute Gasteiger partial charge is 0.289 e. The summed E-state index contributed by atoms with van der Waals surface area (Å²) < 4.78 is 0.145. The molecule has 84 valence electrons. The lowest BCUT2D eigenvalue weighted by Gasteiger charge is -2.02. The van der Waals surface area contributed by atoms with Crippen LogP contribution in [0.5, 0.6) is 0 Å². The smallest absolute Gasteiger partial charge is 0.188 e. The van der Waals surface area contributed by atoms with E-state index in [2.05, 4.69) is 0 Å². The van der Waals surface area contributed by atoms with Gasteiger partial charge in [-0.2, -0.15) is 0 Å². The molecule has 0 aromatic heterocycles. The van der Waals surface area contributed by atoms with Crippen LogP contribution in [0.15, 0.2) is 52.5 Å². The van der Waals surface area contributed by atoms with E-state index in [0.29, 0.717) is 17.6 Å². The molecule has 3 heteroatoms. The van der Waals surface area contributed by atoms with Gasteiger partial charge < -0.3 is 0 Å². The number of Topliss-reactive ketones (excluding diaryl/α,β-unsaturated/α-hetero) is 1. The second-order valence-corrected chi connectivity index (χ2v) is 4.20. The Kier molecular flexibility index (Phi) is 5.30. The molecule has 0 fully saturated rings. The number of ketones is 1. The van der Waals surface area contributed by atoms with Gasteiger partial charge in [-0.1, -0.05) is 66.5 Å². The number of hydrogen-bond acceptors (Lipinski definition) is 1. The van der Waals surface area contributed by atoms with Crippen molar-refractivity contribution in [3.8, 4) is 0 Å². The average Bonchev–Trinajstić information content (AvgIpc) is 2.30. The molecule has 0 N–H and O–H groups in total. The molecule has 0 heterocycles. The minimum atomic E-state index is 0.00827. The molecule has 0 bridgehead atoms. The Morgan fingerprint density at radius 1 is 1.19 bits per heavy atom. The van der Waals surface area contributed by atoms with Crippen molar-refractivity contribution in [3.63, 3.8) is 0 Å². The first kappa shape index (κ1) is 13.0. The SMILES string of the molecule is CCC(=CC=C(Cl)Cl)C(=O)c1ccccc1. The zero-order valence-corrected chi connectivity index (χ0v) is 10.4. The van der Waals surface area contributed by atoms with Gasteiger partial charge in [0.15, 0.2) is 5.78 Å². The van der Waals surface area contributed by atoms with Crippen molar-refractivity contribution in [1.29, 1.82) is 0 Å². The normalized spacial score (nSPS) is 11.1. The molecule has 0 spiro atoms. The van der Waals surface area contributed by atoms with Gasteiger partial charge >= 0.3 is 0 Å². The summed E-state index contributed by atoms with van der Waals surface area (Å²) in [4.78, 5) is 12.0. The Morgan fingerprint density at radius 2 is 1.81 bits per heavy atom. The number of hydrogen-bond donors (Lipinski definition) is 0. The highest BCUT2D eigenvalue weighted by Gasteiger charge is 2.08. The molecule has 1 nitrogen and oxygen atoms in total. The molecule has 0 aliphatic heterocycles. The first-order chi connectivity index (χ1) is 7.65. The lowest BCUT2D eigenvalue weighted by molar-refractivity contribution is 0.103. The molecule has 0 unspecified atom stereocenters. The third-order valence-electron chi connectivity index (χ3n) is 2.12. The van der Waals surface area contributed by atoms with Crippen LogP contribution < -0.4 is 0 Å². The maximum absolute atomic E-state index is 12.0. The Hall–Kier alpha value is -1.05. The molecule has 1 aromatic rings. The van der Waals surface area contributed by atoms with Crippen molar-refractivity contribution in [1.82, 2.24) is 0 Å². The number of halogens is 2. The van der Waals surface area contributed by atoms with Crippen molar-refractivity contribution in [2.75, 3.05) is 0 Å². The first-order valence-corrected chi connectivity index (χ1v) is 5.72. The molecular formula is C13H12Cl2O. The Morgan fingerprint density at radius 3 is 2.31 bits per heavy atom. The van der Waals surface area contributed by atoms with E-state index in [1.54, 1.807) is 18.2 Å². The van der Waals surface area contributed by atoms with Gasteiger partial charge in [0.05, 0.1) is 0 Å². The van der Waals surface area contributed by atoms with Crippen molar-refractivity contribution in [3.05, 3.63) is 58.1 Å². The van der Waals surface area contributed by atoms with Crippen LogP contribution in [-0.2, 0) is 0 Å². The highest BCUT2D eigenvalue weighted by Crippen LogP contribution is 2.14. The monoisotopic (exact) mass is 254 g/mol. The van der Waals surface area contributed by atoms with E-state index in [1.165, 1.54) is 6.08 Å². The van der Waals surface area contributed by atoms with Crippen molar-refractivity contribution in [2.24, 2.45) is 0 Å². The second kappa shape index (κ2) is 6.51. The maximum Gasteiger partial charge on any atom is 0.188 e. The molecule has 1 aromatic carbocycles. The molecule has 0 atom stereocenters. The van der Waals surface area contributed by atoms with E-state index in [9.17, 15) is 4.79 Å². The van der Waals surface area contributed by atoms with Crippen LogP contribution >= 0.6 is 23.2 Å². The number of carbonyl (C=O) groups is 1. The van der Waals surface area contributed by atoms with Crippen LogP contribution in [0.4, 0.5) is 0 Å². The number of benzene rings is 1.